The topological polar surface area (TPSA) is 26.0 Å². The third kappa shape index (κ3) is 2.98. The van der Waals surface area contributed by atoms with Crippen LogP contribution in [0.2, 0.25) is 0 Å². The molecule has 1 rings (SSSR count). The number of hydrogen-bond acceptors (Lipinski definition) is 1. The second-order valence-corrected chi connectivity index (χ2v) is 4.21. The summed E-state index contributed by atoms with van der Waals surface area (Å²) in [6.07, 6.45) is -4.29. The Kier molecular flexibility index (Phi) is 3.97. The summed E-state index contributed by atoms with van der Waals surface area (Å²) in [6, 6.07) is 5.41. The lowest BCUT2D eigenvalue weighted by Gasteiger charge is -2.20. The molecule has 0 aliphatic carbocycles. The van der Waals surface area contributed by atoms with Gasteiger partial charge in [0.1, 0.15) is 0 Å². The highest BCUT2D eigenvalue weighted by atomic mass is 19.4. The van der Waals surface area contributed by atoms with Crippen LogP contribution in [0.3, 0.4) is 0 Å². The van der Waals surface area contributed by atoms with Crippen molar-refractivity contribution in [2.24, 2.45) is 11.7 Å². The molecule has 0 fully saturated rings. The molecule has 0 saturated carbocycles. The van der Waals surface area contributed by atoms with Crippen molar-refractivity contribution in [3.05, 3.63) is 35.4 Å². The minimum atomic E-state index is -4.29. The van der Waals surface area contributed by atoms with Gasteiger partial charge in [0.05, 0.1) is 5.56 Å². The molecule has 0 heterocycles. The maximum Gasteiger partial charge on any atom is 0.416 e. The van der Waals surface area contributed by atoms with E-state index < -0.39 is 11.7 Å². The summed E-state index contributed by atoms with van der Waals surface area (Å²) in [6.45, 7) is 4.27. The second-order valence-electron chi connectivity index (χ2n) is 4.21. The van der Waals surface area contributed by atoms with Crippen LogP contribution in [0, 0.1) is 5.92 Å². The minimum Gasteiger partial charge on any atom is -0.330 e. The van der Waals surface area contributed by atoms with Gasteiger partial charge in [-0.2, -0.15) is 13.2 Å². The zero-order valence-electron chi connectivity index (χ0n) is 9.38. The van der Waals surface area contributed by atoms with Gasteiger partial charge in [0, 0.05) is 0 Å². The van der Waals surface area contributed by atoms with Crippen LogP contribution < -0.4 is 5.73 Å². The van der Waals surface area contributed by atoms with E-state index in [1.165, 1.54) is 12.1 Å². The van der Waals surface area contributed by atoms with E-state index in [0.29, 0.717) is 12.1 Å². The van der Waals surface area contributed by atoms with Crippen LogP contribution >= 0.6 is 0 Å². The first kappa shape index (κ1) is 13.0. The van der Waals surface area contributed by atoms with Crippen LogP contribution in [0.5, 0.6) is 0 Å². The fourth-order valence-corrected chi connectivity index (χ4v) is 1.74. The summed E-state index contributed by atoms with van der Waals surface area (Å²) in [7, 11) is 0. The van der Waals surface area contributed by atoms with E-state index in [1.54, 1.807) is 6.07 Å². The molecule has 1 aromatic rings. The maximum absolute atomic E-state index is 12.5. The molecule has 0 radical (unpaired) electrons. The number of rotatable bonds is 3. The Morgan fingerprint density at radius 1 is 1.25 bits per heavy atom. The predicted molar refractivity (Wildman–Crippen MR) is 58.1 cm³/mol. The van der Waals surface area contributed by atoms with Crippen molar-refractivity contribution in [1.29, 1.82) is 0 Å². The Balaban J connectivity index is 3.07. The molecule has 16 heavy (non-hydrogen) atoms. The van der Waals surface area contributed by atoms with E-state index in [4.69, 9.17) is 5.73 Å². The summed E-state index contributed by atoms with van der Waals surface area (Å²) < 4.78 is 37.5. The molecule has 2 N–H and O–H groups in total. The Morgan fingerprint density at radius 2 is 1.88 bits per heavy atom. The van der Waals surface area contributed by atoms with Crippen molar-refractivity contribution in [3.63, 3.8) is 0 Å². The van der Waals surface area contributed by atoms with Crippen molar-refractivity contribution in [2.75, 3.05) is 6.54 Å². The molecule has 0 aromatic heterocycles. The normalized spacial score (nSPS) is 14.2. The zero-order valence-corrected chi connectivity index (χ0v) is 9.38. The molecule has 1 nitrogen and oxygen atoms in total. The zero-order chi connectivity index (χ0) is 12.3. The molecule has 0 spiro atoms. The van der Waals surface area contributed by atoms with Gasteiger partial charge in [-0.3, -0.25) is 0 Å². The van der Waals surface area contributed by atoms with Gasteiger partial charge in [-0.15, -0.1) is 0 Å². The number of benzene rings is 1. The summed E-state index contributed by atoms with van der Waals surface area (Å²) in [5, 5.41) is 0. The highest BCUT2D eigenvalue weighted by Gasteiger charge is 2.31. The maximum atomic E-state index is 12.5. The summed E-state index contributed by atoms with van der Waals surface area (Å²) in [5.41, 5.74) is 5.64. The van der Waals surface area contributed by atoms with Crippen LogP contribution in [0.15, 0.2) is 24.3 Å². The van der Waals surface area contributed by atoms with Gasteiger partial charge in [-0.25, -0.2) is 0 Å². The molecule has 4 heteroatoms. The van der Waals surface area contributed by atoms with E-state index in [-0.39, 0.29) is 11.8 Å². The van der Waals surface area contributed by atoms with E-state index in [2.05, 4.69) is 0 Å². The van der Waals surface area contributed by atoms with Gasteiger partial charge < -0.3 is 5.73 Å². The highest BCUT2D eigenvalue weighted by molar-refractivity contribution is 5.28. The van der Waals surface area contributed by atoms with E-state index in [1.807, 2.05) is 13.8 Å². The summed E-state index contributed by atoms with van der Waals surface area (Å²) >= 11 is 0. The second kappa shape index (κ2) is 4.87. The molecule has 1 atom stereocenters. The fraction of sp³-hybridized carbons (Fsp3) is 0.500. The molecule has 0 saturated heterocycles. The van der Waals surface area contributed by atoms with Crippen LogP contribution in [-0.2, 0) is 6.18 Å². The quantitative estimate of drug-likeness (QED) is 0.847. The fourth-order valence-electron chi connectivity index (χ4n) is 1.74. The van der Waals surface area contributed by atoms with Gasteiger partial charge in [-0.1, -0.05) is 32.0 Å². The Hall–Kier alpha value is -1.03. The molecule has 1 aromatic carbocycles. The molecule has 90 valence electrons. The largest absolute Gasteiger partial charge is 0.416 e. The van der Waals surface area contributed by atoms with Crippen molar-refractivity contribution in [3.8, 4) is 0 Å². The smallest absolute Gasteiger partial charge is 0.330 e. The minimum absolute atomic E-state index is 0.0256. The molecule has 0 aliphatic rings. The standard InChI is InChI=1S/C12H16F3N/c1-8(2)11(7-16)9-4-3-5-10(6-9)12(13,14)15/h3-6,8,11H,7,16H2,1-2H3. The Labute approximate surface area is 93.5 Å². The van der Waals surface area contributed by atoms with Gasteiger partial charge in [-0.05, 0) is 30.0 Å². The molecular formula is C12H16F3N. The van der Waals surface area contributed by atoms with Gasteiger partial charge in [0.15, 0.2) is 0 Å². The highest BCUT2D eigenvalue weighted by Crippen LogP contribution is 2.32. The van der Waals surface area contributed by atoms with Crippen LogP contribution in [0.1, 0.15) is 30.9 Å². The molecule has 1 unspecified atom stereocenters. The number of nitrogens with two attached hydrogens (primary N) is 1. The van der Waals surface area contributed by atoms with Gasteiger partial charge >= 0.3 is 6.18 Å². The van der Waals surface area contributed by atoms with Crippen LogP contribution in [0.4, 0.5) is 13.2 Å². The molecular weight excluding hydrogens is 215 g/mol. The Morgan fingerprint density at radius 3 is 2.31 bits per heavy atom. The first-order chi connectivity index (χ1) is 7.36. The van der Waals surface area contributed by atoms with Gasteiger partial charge in [0.25, 0.3) is 0 Å². The van der Waals surface area contributed by atoms with Crippen LogP contribution in [-0.4, -0.2) is 6.54 Å². The van der Waals surface area contributed by atoms with E-state index in [9.17, 15) is 13.2 Å². The number of hydrogen-bond donors (Lipinski definition) is 1. The third-order valence-corrected chi connectivity index (χ3v) is 2.70. The third-order valence-electron chi connectivity index (χ3n) is 2.70. The summed E-state index contributed by atoms with van der Waals surface area (Å²) in [4.78, 5) is 0. The molecule has 0 bridgehead atoms. The molecule has 0 aliphatic heterocycles. The van der Waals surface area contributed by atoms with E-state index >= 15 is 0 Å². The lowest BCUT2D eigenvalue weighted by molar-refractivity contribution is -0.137. The van der Waals surface area contributed by atoms with Crippen molar-refractivity contribution < 1.29 is 13.2 Å². The number of alkyl halides is 3. The monoisotopic (exact) mass is 231 g/mol. The van der Waals surface area contributed by atoms with Gasteiger partial charge in [0.2, 0.25) is 0 Å². The van der Waals surface area contributed by atoms with Crippen molar-refractivity contribution >= 4 is 0 Å². The summed E-state index contributed by atoms with van der Waals surface area (Å²) in [5.74, 6) is 0.204. The van der Waals surface area contributed by atoms with Crippen molar-refractivity contribution in [2.45, 2.75) is 25.9 Å². The Bertz CT molecular complexity index is 344. The first-order valence-electron chi connectivity index (χ1n) is 5.23. The predicted octanol–water partition coefficient (Wildman–Crippen LogP) is 3.40. The molecule has 0 amide bonds. The van der Waals surface area contributed by atoms with Crippen molar-refractivity contribution in [1.82, 2.24) is 0 Å². The first-order valence-corrected chi connectivity index (χ1v) is 5.23. The lowest BCUT2D eigenvalue weighted by Crippen LogP contribution is -2.18. The van der Waals surface area contributed by atoms with Crippen LogP contribution in [0.25, 0.3) is 0 Å². The SMILES string of the molecule is CC(C)C(CN)c1cccc(C(F)(F)F)c1. The van der Waals surface area contributed by atoms with E-state index in [0.717, 1.165) is 6.07 Å². The lowest BCUT2D eigenvalue weighted by atomic mass is 9.88. The average Bonchev–Trinajstić information content (AvgIpc) is 2.17. The average molecular weight is 231 g/mol. The number of halogens is 3.